The Hall–Kier alpha value is -0.740. The fraction of sp³-hybridized carbons (Fsp3) is 0.500. The molecule has 2 N–H and O–H groups in total. The molecule has 1 saturated carbocycles. The van der Waals surface area contributed by atoms with E-state index in [9.17, 15) is 4.79 Å². The number of carbonyl (C=O) groups is 1. The smallest absolute Gasteiger partial charge is 0.261 e. The van der Waals surface area contributed by atoms with Crippen molar-refractivity contribution < 1.29 is 4.79 Å². The number of hydrogen-bond donors (Lipinski definition) is 2. The fourth-order valence-corrected chi connectivity index (χ4v) is 2.02. The van der Waals surface area contributed by atoms with E-state index >= 15 is 0 Å². The first-order valence-corrected chi connectivity index (χ1v) is 5.67. The van der Waals surface area contributed by atoms with Crippen molar-refractivity contribution in [3.63, 3.8) is 0 Å². The fourth-order valence-electron chi connectivity index (χ4n) is 1.24. The minimum Gasteiger partial charge on any atom is -0.380 e. The summed E-state index contributed by atoms with van der Waals surface area (Å²) in [5, 5.41) is 6.99. The highest BCUT2D eigenvalue weighted by Crippen LogP contribution is 2.28. The molecule has 0 spiro atoms. The van der Waals surface area contributed by atoms with Crippen molar-refractivity contribution >= 4 is 34.7 Å². The standard InChI is InChI=1S/C10H14N2OS.ClH/c1-11-9-5-4-8(14-9)10(13)12-6-7-2-3-7;/h4-5,7,11H,2-3,6H2,1H3,(H,12,13);1H. The number of nitrogens with one attached hydrogen (secondary N) is 2. The molecule has 1 aromatic rings. The van der Waals surface area contributed by atoms with E-state index in [-0.39, 0.29) is 18.3 Å². The van der Waals surface area contributed by atoms with Crippen LogP contribution in [0.5, 0.6) is 0 Å². The number of hydrogen-bond acceptors (Lipinski definition) is 3. The van der Waals surface area contributed by atoms with E-state index in [1.807, 2.05) is 19.2 Å². The van der Waals surface area contributed by atoms with Gasteiger partial charge in [-0.25, -0.2) is 0 Å². The van der Waals surface area contributed by atoms with Gasteiger partial charge in [0, 0.05) is 13.6 Å². The van der Waals surface area contributed by atoms with Gasteiger partial charge in [-0.15, -0.1) is 23.7 Å². The van der Waals surface area contributed by atoms with Crippen LogP contribution in [0.3, 0.4) is 0 Å². The van der Waals surface area contributed by atoms with Crippen molar-refractivity contribution in [3.05, 3.63) is 17.0 Å². The summed E-state index contributed by atoms with van der Waals surface area (Å²) in [5.41, 5.74) is 0. The van der Waals surface area contributed by atoms with Crippen LogP contribution in [0.25, 0.3) is 0 Å². The summed E-state index contributed by atoms with van der Waals surface area (Å²) < 4.78 is 0. The van der Waals surface area contributed by atoms with Gasteiger partial charge in [-0.2, -0.15) is 0 Å². The number of halogens is 1. The SMILES string of the molecule is CNc1ccc(C(=O)NCC2CC2)s1.Cl. The third-order valence-corrected chi connectivity index (χ3v) is 3.43. The molecule has 1 amide bonds. The minimum atomic E-state index is 0. The predicted molar refractivity (Wildman–Crippen MR) is 66.2 cm³/mol. The highest BCUT2D eigenvalue weighted by molar-refractivity contribution is 7.17. The molecule has 3 nitrogen and oxygen atoms in total. The zero-order valence-electron chi connectivity index (χ0n) is 8.58. The number of thiophene rings is 1. The summed E-state index contributed by atoms with van der Waals surface area (Å²) in [6.07, 6.45) is 2.54. The highest BCUT2D eigenvalue weighted by atomic mass is 35.5. The normalized spacial score (nSPS) is 14.2. The lowest BCUT2D eigenvalue weighted by Gasteiger charge is -2.00. The molecule has 1 aliphatic carbocycles. The van der Waals surface area contributed by atoms with Crippen LogP contribution in [0.15, 0.2) is 12.1 Å². The van der Waals surface area contributed by atoms with Gasteiger partial charge in [-0.05, 0) is 30.9 Å². The Morgan fingerprint density at radius 3 is 2.80 bits per heavy atom. The average molecular weight is 247 g/mol. The molecule has 0 saturated heterocycles. The summed E-state index contributed by atoms with van der Waals surface area (Å²) >= 11 is 1.49. The van der Waals surface area contributed by atoms with Crippen molar-refractivity contribution in [3.8, 4) is 0 Å². The summed E-state index contributed by atoms with van der Waals surface area (Å²) in [4.78, 5) is 12.4. The first-order chi connectivity index (χ1) is 6.79. The van der Waals surface area contributed by atoms with Gasteiger partial charge < -0.3 is 10.6 Å². The number of rotatable bonds is 4. The van der Waals surface area contributed by atoms with Crippen molar-refractivity contribution in [1.29, 1.82) is 0 Å². The van der Waals surface area contributed by atoms with Crippen molar-refractivity contribution in [1.82, 2.24) is 5.32 Å². The maximum Gasteiger partial charge on any atom is 0.261 e. The Labute approximate surface area is 99.7 Å². The Morgan fingerprint density at radius 2 is 2.27 bits per heavy atom. The molecular formula is C10H15ClN2OS. The summed E-state index contributed by atoms with van der Waals surface area (Å²) in [7, 11) is 1.86. The van der Waals surface area contributed by atoms with Gasteiger partial charge in [-0.3, -0.25) is 4.79 Å². The second-order valence-corrected chi connectivity index (χ2v) is 4.65. The monoisotopic (exact) mass is 246 g/mol. The zero-order chi connectivity index (χ0) is 9.97. The molecule has 1 fully saturated rings. The second kappa shape index (κ2) is 5.37. The topological polar surface area (TPSA) is 41.1 Å². The molecule has 1 aromatic heterocycles. The third-order valence-electron chi connectivity index (χ3n) is 2.32. The quantitative estimate of drug-likeness (QED) is 0.856. The van der Waals surface area contributed by atoms with Crippen LogP contribution in [-0.4, -0.2) is 19.5 Å². The summed E-state index contributed by atoms with van der Waals surface area (Å²) in [5.74, 6) is 0.797. The Bertz CT molecular complexity index is 336. The molecule has 2 rings (SSSR count). The first kappa shape index (κ1) is 12.3. The van der Waals surface area contributed by atoms with Gasteiger partial charge in [0.05, 0.1) is 9.88 Å². The van der Waals surface area contributed by atoms with Gasteiger partial charge in [-0.1, -0.05) is 0 Å². The Balaban J connectivity index is 0.00000112. The molecule has 15 heavy (non-hydrogen) atoms. The first-order valence-electron chi connectivity index (χ1n) is 4.85. The number of amides is 1. The molecule has 0 unspecified atom stereocenters. The molecule has 5 heteroatoms. The van der Waals surface area contributed by atoms with E-state index in [2.05, 4.69) is 10.6 Å². The average Bonchev–Trinajstić information content (AvgIpc) is 2.90. The van der Waals surface area contributed by atoms with Gasteiger partial charge >= 0.3 is 0 Å². The van der Waals surface area contributed by atoms with Crippen LogP contribution in [-0.2, 0) is 0 Å². The van der Waals surface area contributed by atoms with Crippen LogP contribution in [0.2, 0.25) is 0 Å². The summed E-state index contributed by atoms with van der Waals surface area (Å²) in [6.45, 7) is 0.839. The van der Waals surface area contributed by atoms with Crippen LogP contribution in [0, 0.1) is 5.92 Å². The lowest BCUT2D eigenvalue weighted by Crippen LogP contribution is -2.24. The molecule has 1 heterocycles. The van der Waals surface area contributed by atoms with Gasteiger partial charge in [0.25, 0.3) is 5.91 Å². The largest absolute Gasteiger partial charge is 0.380 e. The summed E-state index contributed by atoms with van der Waals surface area (Å²) in [6, 6.07) is 3.79. The number of anilines is 1. The molecule has 0 bridgehead atoms. The second-order valence-electron chi connectivity index (χ2n) is 3.57. The van der Waals surface area contributed by atoms with Crippen LogP contribution < -0.4 is 10.6 Å². The van der Waals surface area contributed by atoms with Gasteiger partial charge in [0.15, 0.2) is 0 Å². The minimum absolute atomic E-state index is 0. The molecule has 0 atom stereocenters. The molecule has 1 aliphatic rings. The van der Waals surface area contributed by atoms with Crippen molar-refractivity contribution in [2.24, 2.45) is 5.92 Å². The van der Waals surface area contributed by atoms with E-state index in [4.69, 9.17) is 0 Å². The lowest BCUT2D eigenvalue weighted by atomic mass is 10.4. The van der Waals surface area contributed by atoms with Crippen molar-refractivity contribution in [2.45, 2.75) is 12.8 Å². The zero-order valence-corrected chi connectivity index (χ0v) is 10.2. The maximum atomic E-state index is 11.6. The van der Waals surface area contributed by atoms with Crippen LogP contribution >= 0.6 is 23.7 Å². The van der Waals surface area contributed by atoms with Gasteiger partial charge in [0.1, 0.15) is 0 Å². The molecule has 84 valence electrons. The lowest BCUT2D eigenvalue weighted by molar-refractivity contribution is 0.0956. The van der Waals surface area contributed by atoms with E-state index in [1.165, 1.54) is 24.2 Å². The molecule has 0 radical (unpaired) electrons. The Morgan fingerprint density at radius 1 is 1.53 bits per heavy atom. The third kappa shape index (κ3) is 3.39. The molecular weight excluding hydrogens is 232 g/mol. The maximum absolute atomic E-state index is 11.6. The van der Waals surface area contributed by atoms with E-state index < -0.39 is 0 Å². The van der Waals surface area contributed by atoms with Gasteiger partial charge in [0.2, 0.25) is 0 Å². The van der Waals surface area contributed by atoms with E-state index in [0.717, 1.165) is 22.3 Å². The Kier molecular flexibility index (Phi) is 4.42. The highest BCUT2D eigenvalue weighted by Gasteiger charge is 2.22. The van der Waals surface area contributed by atoms with E-state index in [1.54, 1.807) is 0 Å². The van der Waals surface area contributed by atoms with E-state index in [0.29, 0.717) is 0 Å². The molecule has 0 aliphatic heterocycles. The van der Waals surface area contributed by atoms with Crippen LogP contribution in [0.1, 0.15) is 22.5 Å². The molecule has 0 aromatic carbocycles. The predicted octanol–water partition coefficient (Wildman–Crippen LogP) is 2.35. The van der Waals surface area contributed by atoms with Crippen LogP contribution in [0.4, 0.5) is 5.00 Å². The number of carbonyl (C=O) groups excluding carboxylic acids is 1. The van der Waals surface area contributed by atoms with Crippen molar-refractivity contribution in [2.75, 3.05) is 18.9 Å².